The van der Waals surface area contributed by atoms with Crippen LogP contribution in [-0.2, 0) is 9.53 Å². The zero-order valence-electron chi connectivity index (χ0n) is 12.5. The fraction of sp³-hybridized carbons (Fsp3) is 0.533. The second-order valence-corrected chi connectivity index (χ2v) is 4.87. The highest BCUT2D eigenvalue weighted by molar-refractivity contribution is 5.78. The van der Waals surface area contributed by atoms with Crippen LogP contribution in [-0.4, -0.2) is 55.9 Å². The summed E-state index contributed by atoms with van der Waals surface area (Å²) in [6.07, 6.45) is 0. The van der Waals surface area contributed by atoms with E-state index in [9.17, 15) is 9.90 Å². The summed E-state index contributed by atoms with van der Waals surface area (Å²) in [5, 5.41) is 13.0. The van der Waals surface area contributed by atoms with Crippen molar-refractivity contribution in [2.24, 2.45) is 0 Å². The molecule has 0 aliphatic carbocycles. The Morgan fingerprint density at radius 3 is 2.76 bits per heavy atom. The Labute approximate surface area is 124 Å². The van der Waals surface area contributed by atoms with E-state index in [2.05, 4.69) is 10.2 Å². The smallest absolute Gasteiger partial charge is 0.327 e. The minimum Gasteiger partial charge on any atom is -0.504 e. The molecule has 21 heavy (non-hydrogen) atoms. The molecule has 0 radical (unpaired) electrons. The molecule has 6 heteroatoms. The Bertz CT molecular complexity index is 487. The minimum absolute atomic E-state index is 0.0736. The maximum atomic E-state index is 12.2. The first-order chi connectivity index (χ1) is 10.2. The van der Waals surface area contributed by atoms with E-state index >= 15 is 0 Å². The molecule has 1 aliphatic heterocycles. The van der Waals surface area contributed by atoms with Gasteiger partial charge in [0.15, 0.2) is 11.5 Å². The lowest BCUT2D eigenvalue weighted by molar-refractivity contribution is -0.147. The van der Waals surface area contributed by atoms with E-state index in [0.717, 1.165) is 31.7 Å². The molecule has 1 heterocycles. The summed E-state index contributed by atoms with van der Waals surface area (Å²) in [5.41, 5.74) is 0.769. The number of phenolic OH excluding ortho intramolecular Hbond substituents is 1. The van der Waals surface area contributed by atoms with Crippen LogP contribution in [0.4, 0.5) is 0 Å². The van der Waals surface area contributed by atoms with Crippen LogP contribution in [0.2, 0.25) is 0 Å². The number of nitrogens with zero attached hydrogens (tertiary/aromatic N) is 1. The highest BCUT2D eigenvalue weighted by Gasteiger charge is 2.30. The molecular weight excluding hydrogens is 272 g/mol. The van der Waals surface area contributed by atoms with Gasteiger partial charge in [0.1, 0.15) is 6.04 Å². The molecule has 1 unspecified atom stereocenters. The number of methoxy groups -OCH3 is 1. The van der Waals surface area contributed by atoms with Crippen LogP contribution in [0.1, 0.15) is 18.5 Å². The van der Waals surface area contributed by atoms with Gasteiger partial charge in [0, 0.05) is 26.2 Å². The van der Waals surface area contributed by atoms with Gasteiger partial charge in [-0.05, 0) is 24.6 Å². The maximum absolute atomic E-state index is 12.2. The van der Waals surface area contributed by atoms with Crippen LogP contribution in [0.3, 0.4) is 0 Å². The molecule has 0 aromatic heterocycles. The molecule has 2 N–H and O–H groups in total. The number of nitrogens with one attached hydrogen (secondary N) is 1. The first-order valence-electron chi connectivity index (χ1n) is 7.15. The van der Waals surface area contributed by atoms with Crippen LogP contribution in [0.5, 0.6) is 11.5 Å². The molecule has 1 aliphatic rings. The van der Waals surface area contributed by atoms with Gasteiger partial charge in [0.2, 0.25) is 0 Å². The van der Waals surface area contributed by atoms with Crippen molar-refractivity contribution < 1.29 is 19.4 Å². The largest absolute Gasteiger partial charge is 0.504 e. The number of carbonyl (C=O) groups excluding carboxylic acids is 1. The summed E-state index contributed by atoms with van der Waals surface area (Å²) < 4.78 is 10.3. The zero-order chi connectivity index (χ0) is 15.2. The van der Waals surface area contributed by atoms with Crippen LogP contribution in [0.15, 0.2) is 18.2 Å². The van der Waals surface area contributed by atoms with Gasteiger partial charge < -0.3 is 19.9 Å². The van der Waals surface area contributed by atoms with Crippen LogP contribution in [0, 0.1) is 0 Å². The summed E-state index contributed by atoms with van der Waals surface area (Å²) in [6.45, 7) is 5.51. The molecule has 1 fully saturated rings. The predicted octanol–water partition coefficient (Wildman–Crippen LogP) is 0.910. The fourth-order valence-electron chi connectivity index (χ4n) is 2.52. The molecular formula is C15H22N2O4. The second kappa shape index (κ2) is 7.28. The first kappa shape index (κ1) is 15.6. The summed E-state index contributed by atoms with van der Waals surface area (Å²) in [7, 11) is 1.39. The van der Waals surface area contributed by atoms with E-state index in [4.69, 9.17) is 9.47 Å². The minimum atomic E-state index is -0.475. The van der Waals surface area contributed by atoms with Gasteiger partial charge in [0.25, 0.3) is 0 Å². The van der Waals surface area contributed by atoms with E-state index in [1.807, 2.05) is 6.92 Å². The second-order valence-electron chi connectivity index (χ2n) is 4.87. The molecule has 1 atom stereocenters. The Balaban J connectivity index is 2.31. The summed E-state index contributed by atoms with van der Waals surface area (Å²) >= 11 is 0. The molecule has 0 saturated carbocycles. The van der Waals surface area contributed by atoms with Crippen molar-refractivity contribution in [3.8, 4) is 11.5 Å². The molecule has 116 valence electrons. The highest BCUT2D eigenvalue weighted by atomic mass is 16.5. The van der Waals surface area contributed by atoms with Crippen molar-refractivity contribution in [2.75, 3.05) is 39.9 Å². The number of piperazine rings is 1. The van der Waals surface area contributed by atoms with E-state index < -0.39 is 6.04 Å². The Hall–Kier alpha value is -1.79. The van der Waals surface area contributed by atoms with Gasteiger partial charge in [-0.2, -0.15) is 0 Å². The summed E-state index contributed by atoms with van der Waals surface area (Å²) in [4.78, 5) is 14.3. The number of carbonyl (C=O) groups is 1. The quantitative estimate of drug-likeness (QED) is 0.787. The molecule has 1 aromatic rings. The van der Waals surface area contributed by atoms with Crippen molar-refractivity contribution >= 4 is 5.97 Å². The van der Waals surface area contributed by atoms with Crippen LogP contribution < -0.4 is 10.1 Å². The molecule has 1 saturated heterocycles. The van der Waals surface area contributed by atoms with Gasteiger partial charge in [-0.25, -0.2) is 4.79 Å². The van der Waals surface area contributed by atoms with Gasteiger partial charge in [-0.15, -0.1) is 0 Å². The molecule has 0 amide bonds. The van der Waals surface area contributed by atoms with Gasteiger partial charge >= 0.3 is 5.97 Å². The first-order valence-corrected chi connectivity index (χ1v) is 7.15. The average Bonchev–Trinajstić information content (AvgIpc) is 2.51. The molecule has 2 rings (SSSR count). The zero-order valence-corrected chi connectivity index (χ0v) is 12.5. The number of esters is 1. The third-order valence-electron chi connectivity index (χ3n) is 3.54. The van der Waals surface area contributed by atoms with Crippen molar-refractivity contribution in [2.45, 2.75) is 13.0 Å². The predicted molar refractivity (Wildman–Crippen MR) is 78.5 cm³/mol. The van der Waals surface area contributed by atoms with Crippen molar-refractivity contribution in [3.05, 3.63) is 23.8 Å². The number of benzene rings is 1. The lowest BCUT2D eigenvalue weighted by Crippen LogP contribution is -2.47. The Morgan fingerprint density at radius 2 is 2.14 bits per heavy atom. The number of aromatic hydroxyl groups is 1. The van der Waals surface area contributed by atoms with Gasteiger partial charge in [-0.3, -0.25) is 4.90 Å². The maximum Gasteiger partial charge on any atom is 0.327 e. The number of phenols is 1. The Morgan fingerprint density at radius 1 is 1.43 bits per heavy atom. The van der Waals surface area contributed by atoms with Crippen molar-refractivity contribution in [1.29, 1.82) is 0 Å². The van der Waals surface area contributed by atoms with Crippen LogP contribution >= 0.6 is 0 Å². The van der Waals surface area contributed by atoms with E-state index in [0.29, 0.717) is 12.4 Å². The van der Waals surface area contributed by atoms with E-state index in [-0.39, 0.29) is 11.7 Å². The van der Waals surface area contributed by atoms with E-state index in [1.54, 1.807) is 18.2 Å². The third-order valence-corrected chi connectivity index (χ3v) is 3.54. The third kappa shape index (κ3) is 3.65. The number of rotatable bonds is 5. The average molecular weight is 294 g/mol. The fourth-order valence-corrected chi connectivity index (χ4v) is 2.52. The summed E-state index contributed by atoms with van der Waals surface area (Å²) in [5.74, 6) is 0.161. The van der Waals surface area contributed by atoms with Gasteiger partial charge in [0.05, 0.1) is 13.7 Å². The topological polar surface area (TPSA) is 71.0 Å². The molecule has 0 bridgehead atoms. The van der Waals surface area contributed by atoms with Crippen LogP contribution in [0.25, 0.3) is 0 Å². The lowest BCUT2D eigenvalue weighted by Gasteiger charge is -2.33. The highest BCUT2D eigenvalue weighted by Crippen LogP contribution is 2.32. The molecule has 1 aromatic carbocycles. The van der Waals surface area contributed by atoms with Crippen molar-refractivity contribution in [1.82, 2.24) is 10.2 Å². The molecule has 0 spiro atoms. The van der Waals surface area contributed by atoms with Crippen molar-refractivity contribution in [3.63, 3.8) is 0 Å². The number of ether oxygens (including phenoxy) is 2. The Kier molecular flexibility index (Phi) is 5.41. The normalized spacial score (nSPS) is 17.2. The van der Waals surface area contributed by atoms with E-state index in [1.165, 1.54) is 7.11 Å². The lowest BCUT2D eigenvalue weighted by atomic mass is 10.0. The number of hydrogen-bond donors (Lipinski definition) is 2. The SMILES string of the molecule is CCOc1cc(C(C(=O)OC)N2CCNCC2)ccc1O. The number of hydrogen-bond acceptors (Lipinski definition) is 6. The van der Waals surface area contributed by atoms with Gasteiger partial charge in [-0.1, -0.05) is 6.07 Å². The molecule has 6 nitrogen and oxygen atoms in total. The monoisotopic (exact) mass is 294 g/mol. The summed E-state index contributed by atoms with van der Waals surface area (Å²) in [6, 6.07) is 4.53. The standard InChI is InChI=1S/C15H22N2O4/c1-3-21-13-10-11(4-5-12(13)18)14(15(19)20-2)17-8-6-16-7-9-17/h4-5,10,14,16,18H,3,6-9H2,1-2H3.